The molecule has 0 saturated heterocycles. The average Bonchev–Trinajstić information content (AvgIpc) is 2.57. The van der Waals surface area contributed by atoms with Crippen molar-refractivity contribution in [1.82, 2.24) is 0 Å². The van der Waals surface area contributed by atoms with E-state index in [0.29, 0.717) is 0 Å². The fourth-order valence-corrected chi connectivity index (χ4v) is 3.28. The molecule has 0 bridgehead atoms. The molecule has 1 aliphatic carbocycles. The summed E-state index contributed by atoms with van der Waals surface area (Å²) in [6.07, 6.45) is 4.00. The fraction of sp³-hybridized carbons (Fsp3) is 0.316. The van der Waals surface area contributed by atoms with E-state index in [9.17, 15) is 4.79 Å². The first kappa shape index (κ1) is 16.1. The molecule has 0 heterocycles. The quantitative estimate of drug-likeness (QED) is 0.840. The van der Waals surface area contributed by atoms with Gasteiger partial charge in [-0.3, -0.25) is 4.79 Å². The highest BCUT2D eigenvalue weighted by Crippen LogP contribution is 2.30. The van der Waals surface area contributed by atoms with Crippen molar-refractivity contribution >= 4 is 27.5 Å². The van der Waals surface area contributed by atoms with E-state index in [1.165, 1.54) is 24.0 Å². The second kappa shape index (κ2) is 7.18. The Bertz CT molecular complexity index is 714. The van der Waals surface area contributed by atoms with Crippen molar-refractivity contribution in [2.45, 2.75) is 38.7 Å². The van der Waals surface area contributed by atoms with Crippen molar-refractivity contribution < 1.29 is 9.53 Å². The lowest BCUT2D eigenvalue weighted by atomic mass is 9.91. The van der Waals surface area contributed by atoms with E-state index < -0.39 is 6.10 Å². The lowest BCUT2D eigenvalue weighted by Crippen LogP contribution is -2.30. The number of hydrogen-bond donors (Lipinski definition) is 1. The number of rotatable bonds is 4. The zero-order chi connectivity index (χ0) is 16.2. The molecule has 4 heteroatoms. The van der Waals surface area contributed by atoms with Gasteiger partial charge in [0, 0.05) is 4.47 Å². The van der Waals surface area contributed by atoms with Gasteiger partial charge in [-0.05, 0) is 77.9 Å². The van der Waals surface area contributed by atoms with Crippen molar-refractivity contribution in [3.63, 3.8) is 0 Å². The molecule has 3 rings (SSSR count). The van der Waals surface area contributed by atoms with E-state index in [1.807, 2.05) is 36.4 Å². The lowest BCUT2D eigenvalue weighted by Gasteiger charge is -2.22. The number of amides is 1. The summed E-state index contributed by atoms with van der Waals surface area (Å²) in [4.78, 5) is 12.4. The summed E-state index contributed by atoms with van der Waals surface area (Å²) in [7, 11) is 0. The van der Waals surface area contributed by atoms with Crippen molar-refractivity contribution in [2.75, 3.05) is 5.32 Å². The molecule has 2 aromatic rings. The molecule has 0 radical (unpaired) electrons. The topological polar surface area (TPSA) is 38.3 Å². The number of nitrogens with one attached hydrogen (secondary N) is 1. The molecule has 0 unspecified atom stereocenters. The van der Waals surface area contributed by atoms with Crippen LogP contribution in [-0.2, 0) is 17.6 Å². The van der Waals surface area contributed by atoms with Gasteiger partial charge in [0.15, 0.2) is 6.10 Å². The molecule has 120 valence electrons. The normalized spacial score (nSPS) is 14.7. The summed E-state index contributed by atoms with van der Waals surface area (Å²) >= 11 is 3.43. The standard InChI is InChI=1S/C19H20BrNO2/c1-13(19(22)21-17-11-5-4-10-16(17)20)23-18-12-6-8-14-7-2-3-9-15(14)18/h4-6,8,10-13H,2-3,7,9H2,1H3,(H,21,22)/t13-/m1/s1. The first-order valence-electron chi connectivity index (χ1n) is 7.98. The van der Waals surface area contributed by atoms with Gasteiger partial charge in [-0.25, -0.2) is 0 Å². The van der Waals surface area contributed by atoms with Crippen LogP contribution < -0.4 is 10.1 Å². The van der Waals surface area contributed by atoms with Crippen LogP contribution in [0.2, 0.25) is 0 Å². The van der Waals surface area contributed by atoms with Crippen molar-refractivity contribution in [3.8, 4) is 5.75 Å². The molecule has 1 atom stereocenters. The minimum atomic E-state index is -0.546. The van der Waals surface area contributed by atoms with Gasteiger partial charge in [0.25, 0.3) is 5.91 Å². The predicted octanol–water partition coefficient (Wildman–Crippen LogP) is 4.73. The number of ether oxygens (including phenoxy) is 1. The Morgan fingerprint density at radius 2 is 1.91 bits per heavy atom. The number of aryl methyl sites for hydroxylation is 1. The SMILES string of the molecule is C[C@@H](Oc1cccc2c1CCCC2)C(=O)Nc1ccccc1Br. The number of carbonyl (C=O) groups is 1. The molecule has 1 N–H and O–H groups in total. The maximum atomic E-state index is 12.4. The van der Waals surface area contributed by atoms with Crippen LogP contribution in [0.4, 0.5) is 5.69 Å². The van der Waals surface area contributed by atoms with Crippen LogP contribution in [0.3, 0.4) is 0 Å². The summed E-state index contributed by atoms with van der Waals surface area (Å²) < 4.78 is 6.82. The highest BCUT2D eigenvalue weighted by Gasteiger charge is 2.19. The average molecular weight is 374 g/mol. The minimum Gasteiger partial charge on any atom is -0.481 e. The monoisotopic (exact) mass is 373 g/mol. The third-order valence-corrected chi connectivity index (χ3v) is 4.85. The molecule has 23 heavy (non-hydrogen) atoms. The van der Waals surface area contributed by atoms with E-state index in [4.69, 9.17) is 4.74 Å². The van der Waals surface area contributed by atoms with Crippen LogP contribution in [-0.4, -0.2) is 12.0 Å². The zero-order valence-corrected chi connectivity index (χ0v) is 14.7. The number of halogens is 1. The lowest BCUT2D eigenvalue weighted by molar-refractivity contribution is -0.122. The van der Waals surface area contributed by atoms with Gasteiger partial charge in [0.1, 0.15) is 5.75 Å². The van der Waals surface area contributed by atoms with Gasteiger partial charge in [-0.2, -0.15) is 0 Å². The van der Waals surface area contributed by atoms with Gasteiger partial charge in [-0.1, -0.05) is 24.3 Å². The summed E-state index contributed by atoms with van der Waals surface area (Å²) in [5.74, 6) is 0.697. The second-order valence-corrected chi connectivity index (χ2v) is 6.68. The summed E-state index contributed by atoms with van der Waals surface area (Å²) in [5, 5.41) is 2.90. The van der Waals surface area contributed by atoms with E-state index in [2.05, 4.69) is 27.3 Å². The van der Waals surface area contributed by atoms with Crippen LogP contribution >= 0.6 is 15.9 Å². The van der Waals surface area contributed by atoms with E-state index in [-0.39, 0.29) is 5.91 Å². The molecule has 2 aromatic carbocycles. The smallest absolute Gasteiger partial charge is 0.265 e. The molecule has 0 fully saturated rings. The van der Waals surface area contributed by atoms with Crippen LogP contribution in [0.5, 0.6) is 5.75 Å². The highest BCUT2D eigenvalue weighted by atomic mass is 79.9. The first-order chi connectivity index (χ1) is 11.1. The number of benzene rings is 2. The molecule has 0 aromatic heterocycles. The Morgan fingerprint density at radius 1 is 1.13 bits per heavy atom. The number of anilines is 1. The highest BCUT2D eigenvalue weighted by molar-refractivity contribution is 9.10. The Hall–Kier alpha value is -1.81. The molecule has 1 aliphatic rings. The maximum absolute atomic E-state index is 12.4. The fourth-order valence-electron chi connectivity index (χ4n) is 2.90. The van der Waals surface area contributed by atoms with Gasteiger partial charge in [0.05, 0.1) is 5.69 Å². The molecular weight excluding hydrogens is 354 g/mol. The number of para-hydroxylation sites is 1. The van der Waals surface area contributed by atoms with Crippen LogP contribution in [0, 0.1) is 0 Å². The molecular formula is C19H20BrNO2. The number of hydrogen-bond acceptors (Lipinski definition) is 2. The minimum absolute atomic E-state index is 0.148. The van der Waals surface area contributed by atoms with Crippen LogP contribution in [0.1, 0.15) is 30.9 Å². The van der Waals surface area contributed by atoms with Crippen LogP contribution in [0.15, 0.2) is 46.9 Å². The molecule has 0 spiro atoms. The van der Waals surface area contributed by atoms with Crippen molar-refractivity contribution in [1.29, 1.82) is 0 Å². The largest absolute Gasteiger partial charge is 0.481 e. The third kappa shape index (κ3) is 3.75. The predicted molar refractivity (Wildman–Crippen MR) is 95.9 cm³/mol. The Kier molecular flexibility index (Phi) is 5.01. The van der Waals surface area contributed by atoms with E-state index in [0.717, 1.165) is 28.8 Å². The van der Waals surface area contributed by atoms with Crippen LogP contribution in [0.25, 0.3) is 0 Å². The summed E-state index contributed by atoms with van der Waals surface area (Å²) in [6.45, 7) is 1.79. The second-order valence-electron chi connectivity index (χ2n) is 5.83. The van der Waals surface area contributed by atoms with Crippen molar-refractivity contribution in [3.05, 3.63) is 58.1 Å². The molecule has 0 saturated carbocycles. The molecule has 0 aliphatic heterocycles. The first-order valence-corrected chi connectivity index (χ1v) is 8.77. The zero-order valence-electron chi connectivity index (χ0n) is 13.1. The van der Waals surface area contributed by atoms with E-state index in [1.54, 1.807) is 6.92 Å². The van der Waals surface area contributed by atoms with Gasteiger partial charge in [-0.15, -0.1) is 0 Å². The Balaban J connectivity index is 1.71. The van der Waals surface area contributed by atoms with Crippen molar-refractivity contribution in [2.24, 2.45) is 0 Å². The van der Waals surface area contributed by atoms with Gasteiger partial charge >= 0.3 is 0 Å². The number of fused-ring (bicyclic) bond motifs is 1. The van der Waals surface area contributed by atoms with Gasteiger partial charge < -0.3 is 10.1 Å². The third-order valence-electron chi connectivity index (χ3n) is 4.16. The maximum Gasteiger partial charge on any atom is 0.265 e. The van der Waals surface area contributed by atoms with E-state index >= 15 is 0 Å². The Morgan fingerprint density at radius 3 is 2.74 bits per heavy atom. The van der Waals surface area contributed by atoms with Gasteiger partial charge in [0.2, 0.25) is 0 Å². The molecule has 3 nitrogen and oxygen atoms in total. The molecule has 1 amide bonds. The summed E-state index contributed by atoms with van der Waals surface area (Å²) in [5.41, 5.74) is 3.37. The number of carbonyl (C=O) groups excluding carboxylic acids is 1. The summed E-state index contributed by atoms with van der Waals surface area (Å²) in [6, 6.07) is 13.7. The Labute approximate surface area is 145 Å².